The van der Waals surface area contributed by atoms with E-state index in [1.165, 1.54) is 0 Å². The molecule has 0 radical (unpaired) electrons. The van der Waals surface area contributed by atoms with Crippen molar-refractivity contribution in [2.45, 2.75) is 32.6 Å². The summed E-state index contributed by atoms with van der Waals surface area (Å²) in [5.74, 6) is -2.51. The highest BCUT2D eigenvalue weighted by Gasteiger charge is 2.19. The van der Waals surface area contributed by atoms with Crippen LogP contribution in [-0.2, 0) is 0 Å². The molecule has 0 aromatic carbocycles. The zero-order valence-corrected chi connectivity index (χ0v) is 6.58. The molecule has 0 amide bonds. The van der Waals surface area contributed by atoms with Crippen molar-refractivity contribution in [2.24, 2.45) is 0 Å². The van der Waals surface area contributed by atoms with E-state index in [1.54, 1.807) is 0 Å². The predicted molar refractivity (Wildman–Crippen MR) is 38.4 cm³/mol. The molecule has 0 spiro atoms. The second-order valence-corrected chi connectivity index (χ2v) is 2.57. The topological polar surface area (TPSA) is 12.0 Å². The van der Waals surface area contributed by atoms with Crippen molar-refractivity contribution >= 4 is 0 Å². The van der Waals surface area contributed by atoms with E-state index in [0.29, 0.717) is 6.54 Å². The van der Waals surface area contributed by atoms with Crippen LogP contribution in [0.4, 0.5) is 8.78 Å². The Labute approximate surface area is 60.8 Å². The zero-order chi connectivity index (χ0) is 8.04. The summed E-state index contributed by atoms with van der Waals surface area (Å²) in [7, 11) is 0. The Kier molecular flexibility index (Phi) is 4.52. The second kappa shape index (κ2) is 4.61. The van der Waals surface area contributed by atoms with Gasteiger partial charge in [0.1, 0.15) is 0 Å². The fourth-order valence-electron chi connectivity index (χ4n) is 0.610. The fraction of sp³-hybridized carbons (Fsp3) is 1.00. The SMILES string of the molecule is CCCNCCC(C)(F)F. The number of alkyl halides is 2. The van der Waals surface area contributed by atoms with Crippen molar-refractivity contribution in [3.8, 4) is 0 Å². The molecular formula is C7H15F2N. The van der Waals surface area contributed by atoms with Crippen LogP contribution >= 0.6 is 0 Å². The highest BCUT2D eigenvalue weighted by molar-refractivity contribution is 4.59. The molecule has 1 N–H and O–H groups in total. The van der Waals surface area contributed by atoms with Crippen LogP contribution in [0.1, 0.15) is 26.7 Å². The number of nitrogens with one attached hydrogen (secondary N) is 1. The molecule has 0 bridgehead atoms. The molecule has 0 aliphatic carbocycles. The van der Waals surface area contributed by atoms with Crippen molar-refractivity contribution < 1.29 is 8.78 Å². The van der Waals surface area contributed by atoms with Gasteiger partial charge in [0, 0.05) is 13.0 Å². The van der Waals surface area contributed by atoms with E-state index in [4.69, 9.17) is 0 Å². The molecule has 0 fully saturated rings. The van der Waals surface area contributed by atoms with Crippen molar-refractivity contribution in [2.75, 3.05) is 13.1 Å². The quantitative estimate of drug-likeness (QED) is 0.593. The van der Waals surface area contributed by atoms with E-state index in [2.05, 4.69) is 5.32 Å². The summed E-state index contributed by atoms with van der Waals surface area (Å²) < 4.78 is 24.2. The van der Waals surface area contributed by atoms with Gasteiger partial charge in [0.25, 0.3) is 0 Å². The van der Waals surface area contributed by atoms with Crippen LogP contribution in [0.3, 0.4) is 0 Å². The molecule has 1 nitrogen and oxygen atoms in total. The van der Waals surface area contributed by atoms with Gasteiger partial charge in [-0.05, 0) is 19.9 Å². The second-order valence-electron chi connectivity index (χ2n) is 2.57. The van der Waals surface area contributed by atoms with E-state index < -0.39 is 5.92 Å². The summed E-state index contributed by atoms with van der Waals surface area (Å²) in [4.78, 5) is 0. The minimum atomic E-state index is -2.51. The molecule has 0 heterocycles. The Bertz CT molecular complexity index is 78.2. The van der Waals surface area contributed by atoms with Gasteiger partial charge in [-0.2, -0.15) is 0 Å². The van der Waals surface area contributed by atoms with E-state index in [-0.39, 0.29) is 6.42 Å². The maximum Gasteiger partial charge on any atom is 0.246 e. The van der Waals surface area contributed by atoms with Gasteiger partial charge >= 0.3 is 0 Å². The van der Waals surface area contributed by atoms with E-state index in [9.17, 15) is 8.78 Å². The molecule has 10 heavy (non-hydrogen) atoms. The zero-order valence-electron chi connectivity index (χ0n) is 6.58. The molecular weight excluding hydrogens is 136 g/mol. The molecule has 0 atom stereocenters. The summed E-state index contributed by atoms with van der Waals surface area (Å²) in [6.07, 6.45) is 0.933. The highest BCUT2D eigenvalue weighted by Crippen LogP contribution is 2.14. The summed E-state index contributed by atoms with van der Waals surface area (Å²) in [5, 5.41) is 2.91. The van der Waals surface area contributed by atoms with Gasteiger partial charge < -0.3 is 5.32 Å². The van der Waals surface area contributed by atoms with E-state index in [0.717, 1.165) is 19.9 Å². The maximum atomic E-state index is 12.1. The average Bonchev–Trinajstić information content (AvgIpc) is 1.78. The van der Waals surface area contributed by atoms with Gasteiger partial charge in [-0.15, -0.1) is 0 Å². The molecule has 0 aromatic rings. The first kappa shape index (κ1) is 9.82. The summed E-state index contributed by atoms with van der Waals surface area (Å²) in [5.41, 5.74) is 0. The number of hydrogen-bond donors (Lipinski definition) is 1. The lowest BCUT2D eigenvalue weighted by molar-refractivity contribution is 0.0135. The third-order valence-corrected chi connectivity index (χ3v) is 1.17. The Balaban J connectivity index is 3.04. The number of rotatable bonds is 5. The summed E-state index contributed by atoms with van der Waals surface area (Å²) in [6.45, 7) is 4.20. The normalized spacial score (nSPS) is 12.0. The van der Waals surface area contributed by atoms with Crippen LogP contribution in [0.25, 0.3) is 0 Å². The van der Waals surface area contributed by atoms with Crippen LogP contribution in [0.5, 0.6) is 0 Å². The molecule has 0 saturated heterocycles. The van der Waals surface area contributed by atoms with Crippen molar-refractivity contribution in [3.63, 3.8) is 0 Å². The molecule has 62 valence electrons. The Hall–Kier alpha value is -0.180. The predicted octanol–water partition coefficient (Wildman–Crippen LogP) is 2.03. The molecule has 0 rings (SSSR count). The van der Waals surface area contributed by atoms with Crippen LogP contribution in [0.15, 0.2) is 0 Å². The molecule has 0 unspecified atom stereocenters. The van der Waals surface area contributed by atoms with Crippen LogP contribution in [0.2, 0.25) is 0 Å². The molecule has 3 heteroatoms. The van der Waals surface area contributed by atoms with Crippen molar-refractivity contribution in [1.82, 2.24) is 5.32 Å². The van der Waals surface area contributed by atoms with Gasteiger partial charge in [0.15, 0.2) is 0 Å². The Morgan fingerprint density at radius 1 is 1.30 bits per heavy atom. The maximum absolute atomic E-state index is 12.1. The first-order chi connectivity index (χ1) is 4.56. The first-order valence-electron chi connectivity index (χ1n) is 3.65. The van der Waals surface area contributed by atoms with Crippen LogP contribution in [-0.4, -0.2) is 19.0 Å². The fourth-order valence-corrected chi connectivity index (χ4v) is 0.610. The molecule has 0 aromatic heterocycles. The lowest BCUT2D eigenvalue weighted by Gasteiger charge is -2.09. The van der Waals surface area contributed by atoms with Crippen molar-refractivity contribution in [3.05, 3.63) is 0 Å². The van der Waals surface area contributed by atoms with Gasteiger partial charge in [0.2, 0.25) is 5.92 Å². The van der Waals surface area contributed by atoms with Gasteiger partial charge in [-0.3, -0.25) is 0 Å². The van der Waals surface area contributed by atoms with E-state index in [1.807, 2.05) is 6.92 Å². The van der Waals surface area contributed by atoms with E-state index >= 15 is 0 Å². The van der Waals surface area contributed by atoms with Gasteiger partial charge in [-0.1, -0.05) is 6.92 Å². The standard InChI is InChI=1S/C7H15F2N/c1-3-5-10-6-4-7(2,8)9/h10H,3-6H2,1-2H3. The number of halogens is 2. The van der Waals surface area contributed by atoms with Crippen molar-refractivity contribution in [1.29, 1.82) is 0 Å². The molecule has 0 aliphatic rings. The molecule has 0 saturated carbocycles. The van der Waals surface area contributed by atoms with Gasteiger partial charge in [0.05, 0.1) is 0 Å². The average molecular weight is 151 g/mol. The summed E-state index contributed by atoms with van der Waals surface area (Å²) in [6, 6.07) is 0. The van der Waals surface area contributed by atoms with Gasteiger partial charge in [-0.25, -0.2) is 8.78 Å². The minimum absolute atomic E-state index is 0.0625. The lowest BCUT2D eigenvalue weighted by Crippen LogP contribution is -2.22. The Morgan fingerprint density at radius 2 is 1.90 bits per heavy atom. The first-order valence-corrected chi connectivity index (χ1v) is 3.65. The third kappa shape index (κ3) is 7.82. The lowest BCUT2D eigenvalue weighted by atomic mass is 10.3. The Morgan fingerprint density at radius 3 is 2.30 bits per heavy atom. The van der Waals surface area contributed by atoms with Crippen LogP contribution < -0.4 is 5.32 Å². The van der Waals surface area contributed by atoms with Crippen LogP contribution in [0, 0.1) is 0 Å². The third-order valence-electron chi connectivity index (χ3n) is 1.17. The highest BCUT2D eigenvalue weighted by atomic mass is 19.3. The summed E-state index contributed by atoms with van der Waals surface area (Å²) >= 11 is 0. The molecule has 0 aliphatic heterocycles. The largest absolute Gasteiger partial charge is 0.317 e. The monoisotopic (exact) mass is 151 g/mol. The number of hydrogen-bond acceptors (Lipinski definition) is 1. The minimum Gasteiger partial charge on any atom is -0.317 e. The smallest absolute Gasteiger partial charge is 0.246 e.